The molecule has 2 aliphatic heterocycles. The molecule has 2 fully saturated rings. The van der Waals surface area contributed by atoms with Gasteiger partial charge in [-0.15, -0.1) is 0 Å². The summed E-state index contributed by atoms with van der Waals surface area (Å²) in [5.74, 6) is 0.200. The second-order valence-electron chi connectivity index (χ2n) is 8.35. The van der Waals surface area contributed by atoms with Gasteiger partial charge in [0.25, 0.3) is 11.8 Å². The standard InChI is InChI=1S/C24H30N4O2/c1-25-11-15-27(16-12-25)23(29)21-7-3-19(4-8-21)20-5-9-22(10-6-20)24(30)28-17-13-26(2)14-18-28/h3-10H,11-18H2,1-2H3. The zero-order valence-corrected chi connectivity index (χ0v) is 17.9. The van der Waals surface area contributed by atoms with Crippen LogP contribution in [-0.2, 0) is 0 Å². The summed E-state index contributed by atoms with van der Waals surface area (Å²) in [6, 6.07) is 15.6. The summed E-state index contributed by atoms with van der Waals surface area (Å²) in [5, 5.41) is 0. The highest BCUT2D eigenvalue weighted by Crippen LogP contribution is 2.22. The number of rotatable bonds is 3. The Balaban J connectivity index is 1.40. The van der Waals surface area contributed by atoms with Crippen molar-refractivity contribution < 1.29 is 9.59 Å². The van der Waals surface area contributed by atoms with Gasteiger partial charge in [0.2, 0.25) is 0 Å². The van der Waals surface area contributed by atoms with Crippen LogP contribution in [0.3, 0.4) is 0 Å². The molecule has 30 heavy (non-hydrogen) atoms. The van der Waals surface area contributed by atoms with Gasteiger partial charge in [-0.25, -0.2) is 0 Å². The third-order valence-corrected chi connectivity index (χ3v) is 6.18. The predicted molar refractivity (Wildman–Crippen MR) is 119 cm³/mol. The van der Waals surface area contributed by atoms with E-state index in [1.165, 1.54) is 0 Å². The topological polar surface area (TPSA) is 47.1 Å². The van der Waals surface area contributed by atoms with Crippen LogP contribution < -0.4 is 0 Å². The summed E-state index contributed by atoms with van der Waals surface area (Å²) in [7, 11) is 4.17. The average Bonchev–Trinajstić information content (AvgIpc) is 2.79. The molecule has 2 saturated heterocycles. The van der Waals surface area contributed by atoms with Crippen molar-refractivity contribution >= 4 is 11.8 Å². The lowest BCUT2D eigenvalue weighted by Crippen LogP contribution is -2.47. The Morgan fingerprint density at radius 3 is 1.13 bits per heavy atom. The van der Waals surface area contributed by atoms with E-state index in [0.29, 0.717) is 0 Å². The van der Waals surface area contributed by atoms with Crippen LogP contribution in [0.25, 0.3) is 11.1 Å². The maximum absolute atomic E-state index is 12.7. The van der Waals surface area contributed by atoms with E-state index in [-0.39, 0.29) is 11.8 Å². The first kappa shape index (κ1) is 20.6. The summed E-state index contributed by atoms with van der Waals surface area (Å²) < 4.78 is 0. The molecule has 2 aliphatic rings. The van der Waals surface area contributed by atoms with E-state index >= 15 is 0 Å². The number of piperazine rings is 2. The fourth-order valence-electron chi connectivity index (χ4n) is 3.99. The molecule has 158 valence electrons. The molecule has 0 bridgehead atoms. The van der Waals surface area contributed by atoms with Crippen molar-refractivity contribution in [2.24, 2.45) is 0 Å². The van der Waals surface area contributed by atoms with E-state index in [0.717, 1.165) is 74.6 Å². The summed E-state index contributed by atoms with van der Waals surface area (Å²) in [6.07, 6.45) is 0. The Bertz CT molecular complexity index is 803. The van der Waals surface area contributed by atoms with Crippen LogP contribution in [0.1, 0.15) is 20.7 Å². The molecule has 0 spiro atoms. The van der Waals surface area contributed by atoms with E-state index in [9.17, 15) is 9.59 Å². The fraction of sp³-hybridized carbons (Fsp3) is 0.417. The number of hydrogen-bond acceptors (Lipinski definition) is 4. The van der Waals surface area contributed by atoms with E-state index < -0.39 is 0 Å². The minimum absolute atomic E-state index is 0.0998. The molecule has 2 aromatic rings. The first-order valence-electron chi connectivity index (χ1n) is 10.7. The molecule has 0 saturated carbocycles. The number of carbonyl (C=O) groups excluding carboxylic acids is 2. The monoisotopic (exact) mass is 406 g/mol. The van der Waals surface area contributed by atoms with Crippen LogP contribution in [-0.4, -0.2) is 97.9 Å². The van der Waals surface area contributed by atoms with Crippen molar-refractivity contribution in [2.75, 3.05) is 66.5 Å². The smallest absolute Gasteiger partial charge is 0.253 e. The summed E-state index contributed by atoms with van der Waals surface area (Å²) in [5.41, 5.74) is 3.54. The summed E-state index contributed by atoms with van der Waals surface area (Å²) in [6.45, 7) is 6.79. The van der Waals surface area contributed by atoms with Crippen molar-refractivity contribution in [3.8, 4) is 11.1 Å². The van der Waals surface area contributed by atoms with E-state index in [4.69, 9.17) is 0 Å². The van der Waals surface area contributed by atoms with E-state index in [2.05, 4.69) is 23.9 Å². The molecule has 0 aliphatic carbocycles. The van der Waals surface area contributed by atoms with Crippen molar-refractivity contribution in [3.63, 3.8) is 0 Å². The molecular weight excluding hydrogens is 376 g/mol. The normalized spacial score (nSPS) is 18.5. The Kier molecular flexibility index (Phi) is 6.16. The molecule has 4 rings (SSSR count). The summed E-state index contributed by atoms with van der Waals surface area (Å²) >= 11 is 0. The van der Waals surface area contributed by atoms with Gasteiger partial charge in [-0.05, 0) is 49.5 Å². The maximum Gasteiger partial charge on any atom is 0.253 e. The third-order valence-electron chi connectivity index (χ3n) is 6.18. The molecule has 0 aromatic heterocycles. The van der Waals surface area contributed by atoms with Gasteiger partial charge in [-0.1, -0.05) is 24.3 Å². The molecule has 0 atom stereocenters. The summed E-state index contributed by atoms with van der Waals surface area (Å²) in [4.78, 5) is 33.7. The van der Waals surface area contributed by atoms with E-state index in [1.54, 1.807) is 0 Å². The Morgan fingerprint density at radius 2 is 0.833 bits per heavy atom. The minimum Gasteiger partial charge on any atom is -0.336 e. The van der Waals surface area contributed by atoms with Gasteiger partial charge in [0.1, 0.15) is 0 Å². The van der Waals surface area contributed by atoms with Crippen LogP contribution in [0.15, 0.2) is 48.5 Å². The number of benzene rings is 2. The number of carbonyl (C=O) groups is 2. The maximum atomic E-state index is 12.7. The van der Waals surface area contributed by atoms with Crippen molar-refractivity contribution in [3.05, 3.63) is 59.7 Å². The molecule has 2 amide bonds. The zero-order chi connectivity index (χ0) is 21.1. The predicted octanol–water partition coefficient (Wildman–Crippen LogP) is 2.13. The quantitative estimate of drug-likeness (QED) is 0.784. The van der Waals surface area contributed by atoms with Crippen LogP contribution >= 0.6 is 0 Å². The third kappa shape index (κ3) is 4.55. The first-order valence-corrected chi connectivity index (χ1v) is 10.7. The van der Waals surface area contributed by atoms with Gasteiger partial charge in [0, 0.05) is 63.5 Å². The van der Waals surface area contributed by atoms with Crippen LogP contribution in [0.4, 0.5) is 0 Å². The minimum atomic E-state index is 0.0998. The van der Waals surface area contributed by atoms with E-state index in [1.807, 2.05) is 58.3 Å². The van der Waals surface area contributed by atoms with Gasteiger partial charge in [-0.3, -0.25) is 9.59 Å². The van der Waals surface area contributed by atoms with Gasteiger partial charge < -0.3 is 19.6 Å². The lowest BCUT2D eigenvalue weighted by atomic mass is 10.0. The Labute approximate surface area is 178 Å². The second-order valence-corrected chi connectivity index (χ2v) is 8.35. The highest BCUT2D eigenvalue weighted by atomic mass is 16.2. The van der Waals surface area contributed by atoms with Gasteiger partial charge >= 0.3 is 0 Å². The largest absolute Gasteiger partial charge is 0.336 e. The number of nitrogens with zero attached hydrogens (tertiary/aromatic N) is 4. The Morgan fingerprint density at radius 1 is 0.533 bits per heavy atom. The van der Waals surface area contributed by atoms with Crippen molar-refractivity contribution in [2.45, 2.75) is 0 Å². The van der Waals surface area contributed by atoms with Crippen molar-refractivity contribution in [1.29, 1.82) is 0 Å². The van der Waals surface area contributed by atoms with Gasteiger partial charge in [0.15, 0.2) is 0 Å². The molecule has 2 aromatic carbocycles. The SMILES string of the molecule is CN1CCN(C(=O)c2ccc(-c3ccc(C(=O)N4CCN(C)CC4)cc3)cc2)CC1. The molecular formula is C24H30N4O2. The number of hydrogen-bond donors (Lipinski definition) is 0. The molecule has 0 unspecified atom stereocenters. The second kappa shape index (κ2) is 8.98. The lowest BCUT2D eigenvalue weighted by Gasteiger charge is -2.32. The highest BCUT2D eigenvalue weighted by Gasteiger charge is 2.21. The Hall–Kier alpha value is -2.70. The average molecular weight is 407 g/mol. The first-order chi connectivity index (χ1) is 14.5. The fourth-order valence-corrected chi connectivity index (χ4v) is 3.99. The highest BCUT2D eigenvalue weighted by molar-refractivity contribution is 5.96. The molecule has 0 N–H and O–H groups in total. The molecule has 0 radical (unpaired) electrons. The molecule has 2 heterocycles. The molecule has 6 nitrogen and oxygen atoms in total. The van der Waals surface area contributed by atoms with Gasteiger partial charge in [-0.2, -0.15) is 0 Å². The zero-order valence-electron chi connectivity index (χ0n) is 17.9. The van der Waals surface area contributed by atoms with Gasteiger partial charge in [0.05, 0.1) is 0 Å². The molecule has 6 heteroatoms. The van der Waals surface area contributed by atoms with Crippen molar-refractivity contribution in [1.82, 2.24) is 19.6 Å². The van der Waals surface area contributed by atoms with Crippen LogP contribution in [0.5, 0.6) is 0 Å². The van der Waals surface area contributed by atoms with Crippen LogP contribution in [0, 0.1) is 0 Å². The van der Waals surface area contributed by atoms with Crippen LogP contribution in [0.2, 0.25) is 0 Å². The lowest BCUT2D eigenvalue weighted by molar-refractivity contribution is 0.0657. The number of amides is 2. The number of likely N-dealkylation sites (N-methyl/N-ethyl adjacent to an activating group) is 2.